The van der Waals surface area contributed by atoms with Gasteiger partial charge in [0, 0.05) is 21.4 Å². The third kappa shape index (κ3) is 5.28. The Hall–Kier alpha value is -2.92. The van der Waals surface area contributed by atoms with E-state index in [1.165, 1.54) is 0 Å². The van der Waals surface area contributed by atoms with Gasteiger partial charge in [0.25, 0.3) is 0 Å². The van der Waals surface area contributed by atoms with Crippen molar-refractivity contribution in [2.45, 2.75) is 0 Å². The predicted molar refractivity (Wildman–Crippen MR) is 109 cm³/mol. The summed E-state index contributed by atoms with van der Waals surface area (Å²) in [4.78, 5) is 26.4. The van der Waals surface area contributed by atoms with Crippen molar-refractivity contribution >= 4 is 39.1 Å². The molecule has 0 aliphatic rings. The lowest BCUT2D eigenvalue weighted by Crippen LogP contribution is -2.28. The molecule has 136 valence electrons. The second-order valence-electron chi connectivity index (χ2n) is 5.85. The van der Waals surface area contributed by atoms with Crippen molar-refractivity contribution in [3.05, 3.63) is 95.0 Å². The highest BCUT2D eigenvalue weighted by Crippen LogP contribution is 2.24. The van der Waals surface area contributed by atoms with Crippen LogP contribution in [0.4, 0.5) is 11.4 Å². The van der Waals surface area contributed by atoms with Crippen LogP contribution in [0.15, 0.2) is 89.4 Å². The molecule has 0 aromatic heterocycles. The standard InChI is InChI=1S/C22H18BrNO3/c23-18-9-7-8-17(14-18)21(25)16-27-22(26)15-24(19-10-3-1-4-11-19)20-12-5-2-6-13-20/h1-14H,15-16H2. The maximum absolute atomic E-state index is 12.4. The van der Waals surface area contributed by atoms with Crippen LogP contribution in [0.5, 0.6) is 0 Å². The first-order valence-corrected chi connectivity index (χ1v) is 9.25. The Morgan fingerprint density at radius 2 is 1.41 bits per heavy atom. The molecule has 3 aromatic carbocycles. The van der Waals surface area contributed by atoms with E-state index in [-0.39, 0.29) is 18.9 Å². The number of carbonyl (C=O) groups excluding carboxylic acids is 2. The Morgan fingerprint density at radius 3 is 1.96 bits per heavy atom. The Labute approximate surface area is 166 Å². The van der Waals surface area contributed by atoms with Crippen LogP contribution in [0, 0.1) is 0 Å². The molecule has 0 amide bonds. The summed E-state index contributed by atoms with van der Waals surface area (Å²) >= 11 is 3.33. The molecule has 0 aliphatic carbocycles. The number of ether oxygens (including phenoxy) is 1. The van der Waals surface area contributed by atoms with Crippen LogP contribution in [0.25, 0.3) is 0 Å². The van der Waals surface area contributed by atoms with Gasteiger partial charge in [0.1, 0.15) is 6.54 Å². The molecule has 0 saturated heterocycles. The summed E-state index contributed by atoms with van der Waals surface area (Å²) in [5.74, 6) is -0.707. The SMILES string of the molecule is O=C(CN(c1ccccc1)c1ccccc1)OCC(=O)c1cccc(Br)c1. The van der Waals surface area contributed by atoms with Crippen LogP contribution in [0.2, 0.25) is 0 Å². The van der Waals surface area contributed by atoms with Crippen molar-refractivity contribution in [1.29, 1.82) is 0 Å². The van der Waals surface area contributed by atoms with Gasteiger partial charge in [-0.3, -0.25) is 9.59 Å². The lowest BCUT2D eigenvalue weighted by atomic mass is 10.1. The van der Waals surface area contributed by atoms with E-state index in [4.69, 9.17) is 4.74 Å². The molecule has 0 aliphatic heterocycles. The molecule has 4 nitrogen and oxygen atoms in total. The lowest BCUT2D eigenvalue weighted by Gasteiger charge is -2.24. The van der Waals surface area contributed by atoms with Gasteiger partial charge in [0.2, 0.25) is 0 Å². The average Bonchev–Trinajstić information content (AvgIpc) is 2.71. The fraction of sp³-hybridized carbons (Fsp3) is 0.0909. The third-order valence-electron chi connectivity index (χ3n) is 3.93. The van der Waals surface area contributed by atoms with Crippen LogP contribution in [0.3, 0.4) is 0 Å². The Balaban J connectivity index is 1.67. The number of Topliss-reactive ketones (excluding diaryl/α,β-unsaturated/α-hetero) is 1. The monoisotopic (exact) mass is 423 g/mol. The van der Waals surface area contributed by atoms with Gasteiger partial charge in [0.05, 0.1) is 0 Å². The summed E-state index contributed by atoms with van der Waals surface area (Å²) < 4.78 is 6.03. The minimum absolute atomic E-state index is 0.0137. The zero-order valence-electron chi connectivity index (χ0n) is 14.5. The summed E-state index contributed by atoms with van der Waals surface area (Å²) in [6.07, 6.45) is 0. The molecule has 0 N–H and O–H groups in total. The minimum atomic E-state index is -0.467. The topological polar surface area (TPSA) is 46.6 Å². The van der Waals surface area contributed by atoms with E-state index in [0.29, 0.717) is 5.56 Å². The first-order valence-electron chi connectivity index (χ1n) is 8.45. The average molecular weight is 424 g/mol. The molecule has 0 spiro atoms. The molecular formula is C22H18BrNO3. The van der Waals surface area contributed by atoms with E-state index < -0.39 is 5.97 Å². The van der Waals surface area contributed by atoms with Gasteiger partial charge in [-0.1, -0.05) is 64.5 Å². The molecule has 0 bridgehead atoms. The Bertz CT molecular complexity index is 874. The maximum atomic E-state index is 12.4. The van der Waals surface area contributed by atoms with Crippen LogP contribution >= 0.6 is 15.9 Å². The molecule has 0 heterocycles. The van der Waals surface area contributed by atoms with Gasteiger partial charge in [0.15, 0.2) is 12.4 Å². The number of anilines is 2. The molecule has 0 saturated carbocycles. The van der Waals surface area contributed by atoms with Crippen molar-refractivity contribution in [1.82, 2.24) is 0 Å². The molecular weight excluding hydrogens is 406 g/mol. The maximum Gasteiger partial charge on any atom is 0.326 e. The highest BCUT2D eigenvalue weighted by molar-refractivity contribution is 9.10. The van der Waals surface area contributed by atoms with E-state index in [9.17, 15) is 9.59 Å². The van der Waals surface area contributed by atoms with E-state index in [2.05, 4.69) is 15.9 Å². The quantitative estimate of drug-likeness (QED) is 0.395. The van der Waals surface area contributed by atoms with Gasteiger partial charge >= 0.3 is 5.97 Å². The first-order chi connectivity index (χ1) is 13.1. The molecule has 0 atom stereocenters. The number of ketones is 1. The summed E-state index contributed by atoms with van der Waals surface area (Å²) in [5, 5.41) is 0. The number of esters is 1. The number of benzene rings is 3. The summed E-state index contributed by atoms with van der Waals surface area (Å²) in [6.45, 7) is -0.271. The number of halogens is 1. The van der Waals surface area contributed by atoms with Crippen LogP contribution in [-0.4, -0.2) is 24.9 Å². The second-order valence-corrected chi connectivity index (χ2v) is 6.77. The first kappa shape index (κ1) is 18.9. The largest absolute Gasteiger partial charge is 0.456 e. The molecule has 5 heteroatoms. The Kier molecular flexibility index (Phi) is 6.39. The van der Waals surface area contributed by atoms with E-state index in [0.717, 1.165) is 15.8 Å². The van der Waals surface area contributed by atoms with E-state index >= 15 is 0 Å². The molecule has 3 aromatic rings. The van der Waals surface area contributed by atoms with Crippen LogP contribution < -0.4 is 4.90 Å². The van der Waals surface area contributed by atoms with Gasteiger partial charge in [-0.15, -0.1) is 0 Å². The zero-order valence-corrected chi connectivity index (χ0v) is 16.1. The number of hydrogen-bond acceptors (Lipinski definition) is 4. The molecule has 0 fully saturated rings. The molecule has 0 radical (unpaired) electrons. The number of hydrogen-bond donors (Lipinski definition) is 0. The summed E-state index contributed by atoms with van der Waals surface area (Å²) in [5.41, 5.74) is 2.25. The number of nitrogens with zero attached hydrogens (tertiary/aromatic N) is 1. The minimum Gasteiger partial charge on any atom is -0.456 e. The summed E-state index contributed by atoms with van der Waals surface area (Å²) in [7, 11) is 0. The fourth-order valence-electron chi connectivity index (χ4n) is 2.61. The van der Waals surface area contributed by atoms with Crippen molar-refractivity contribution in [2.75, 3.05) is 18.1 Å². The van der Waals surface area contributed by atoms with Gasteiger partial charge in [-0.05, 0) is 36.4 Å². The highest BCUT2D eigenvalue weighted by Gasteiger charge is 2.16. The predicted octanol–water partition coefficient (Wildman–Crippen LogP) is 5.01. The van der Waals surface area contributed by atoms with E-state index in [1.54, 1.807) is 18.2 Å². The summed E-state index contributed by atoms with van der Waals surface area (Å²) in [6, 6.07) is 26.2. The van der Waals surface area contributed by atoms with Crippen molar-refractivity contribution in [3.8, 4) is 0 Å². The third-order valence-corrected chi connectivity index (χ3v) is 4.43. The smallest absolute Gasteiger partial charge is 0.326 e. The Morgan fingerprint density at radius 1 is 0.815 bits per heavy atom. The molecule has 27 heavy (non-hydrogen) atoms. The number of rotatable bonds is 7. The van der Waals surface area contributed by atoms with Crippen LogP contribution in [-0.2, 0) is 9.53 Å². The van der Waals surface area contributed by atoms with Crippen molar-refractivity contribution in [2.24, 2.45) is 0 Å². The molecule has 0 unspecified atom stereocenters. The normalized spacial score (nSPS) is 10.3. The van der Waals surface area contributed by atoms with E-state index in [1.807, 2.05) is 71.6 Å². The fourth-order valence-corrected chi connectivity index (χ4v) is 3.01. The highest BCUT2D eigenvalue weighted by atomic mass is 79.9. The van der Waals surface area contributed by atoms with Gasteiger partial charge in [-0.2, -0.15) is 0 Å². The number of para-hydroxylation sites is 2. The van der Waals surface area contributed by atoms with Crippen molar-refractivity contribution in [3.63, 3.8) is 0 Å². The molecule has 3 rings (SSSR count). The zero-order chi connectivity index (χ0) is 19.1. The van der Waals surface area contributed by atoms with Gasteiger partial charge in [-0.25, -0.2) is 0 Å². The van der Waals surface area contributed by atoms with Crippen LogP contribution in [0.1, 0.15) is 10.4 Å². The lowest BCUT2D eigenvalue weighted by molar-refractivity contribution is -0.140. The van der Waals surface area contributed by atoms with Gasteiger partial charge < -0.3 is 9.64 Å². The van der Waals surface area contributed by atoms with Crippen molar-refractivity contribution < 1.29 is 14.3 Å². The second kappa shape index (κ2) is 9.14. The number of carbonyl (C=O) groups is 2.